The number of halogens is 1. The summed E-state index contributed by atoms with van der Waals surface area (Å²) in [4.78, 5) is 1.92. The molecule has 0 aromatic heterocycles. The van der Waals surface area contributed by atoms with Gasteiger partial charge in [0.2, 0.25) is 0 Å². The zero-order chi connectivity index (χ0) is 12.6. The summed E-state index contributed by atoms with van der Waals surface area (Å²) in [5.74, 6) is 0. The van der Waals surface area contributed by atoms with Gasteiger partial charge in [0.05, 0.1) is 5.54 Å². The lowest BCUT2D eigenvalue weighted by atomic mass is 10.0. The lowest BCUT2D eigenvalue weighted by Gasteiger charge is -2.34. The maximum absolute atomic E-state index is 6.12. The number of hydrogen-bond acceptors (Lipinski definition) is 1. The van der Waals surface area contributed by atoms with Crippen molar-refractivity contribution < 1.29 is 0 Å². The van der Waals surface area contributed by atoms with Crippen LogP contribution in [0.15, 0.2) is 30.5 Å². The van der Waals surface area contributed by atoms with Gasteiger partial charge in [0.15, 0.2) is 5.11 Å². The highest BCUT2D eigenvalue weighted by molar-refractivity contribution is 7.80. The SMILES string of the molecule is Cc1ccc(N2C=CC(C)(C)NC2=S)cc1Cl. The minimum atomic E-state index is -0.0952. The second-order valence-corrected chi connectivity index (χ2v) is 5.56. The van der Waals surface area contributed by atoms with Crippen molar-refractivity contribution in [2.45, 2.75) is 26.3 Å². The molecule has 0 bridgehead atoms. The van der Waals surface area contributed by atoms with Crippen molar-refractivity contribution >= 4 is 34.6 Å². The molecular formula is C13H15ClN2S. The number of aryl methyl sites for hydroxylation is 1. The maximum atomic E-state index is 6.12. The van der Waals surface area contributed by atoms with Crippen molar-refractivity contribution in [2.75, 3.05) is 4.90 Å². The minimum absolute atomic E-state index is 0.0952. The van der Waals surface area contributed by atoms with Crippen LogP contribution in [0.3, 0.4) is 0 Å². The highest BCUT2D eigenvalue weighted by Crippen LogP contribution is 2.25. The van der Waals surface area contributed by atoms with E-state index in [1.54, 1.807) is 0 Å². The van der Waals surface area contributed by atoms with Crippen LogP contribution in [0.25, 0.3) is 0 Å². The predicted molar refractivity (Wildman–Crippen MR) is 77.6 cm³/mol. The molecule has 1 N–H and O–H groups in total. The number of rotatable bonds is 1. The summed E-state index contributed by atoms with van der Waals surface area (Å²) >= 11 is 11.5. The number of anilines is 1. The molecule has 0 unspecified atom stereocenters. The summed E-state index contributed by atoms with van der Waals surface area (Å²) in [7, 11) is 0. The molecule has 2 rings (SSSR count). The predicted octanol–water partition coefficient (Wildman–Crippen LogP) is 3.64. The van der Waals surface area contributed by atoms with Gasteiger partial charge in [0.25, 0.3) is 0 Å². The standard InChI is InChI=1S/C13H15ClN2S/c1-9-4-5-10(8-11(9)14)16-7-6-13(2,3)15-12(16)17/h4-8H,1-3H3,(H,15,17). The highest BCUT2D eigenvalue weighted by Gasteiger charge is 2.23. The van der Waals surface area contributed by atoms with E-state index in [-0.39, 0.29) is 5.54 Å². The van der Waals surface area contributed by atoms with Crippen LogP contribution in [-0.4, -0.2) is 10.7 Å². The first-order chi connectivity index (χ1) is 7.89. The van der Waals surface area contributed by atoms with Crippen molar-refractivity contribution in [1.82, 2.24) is 5.32 Å². The van der Waals surface area contributed by atoms with E-state index in [2.05, 4.69) is 25.2 Å². The van der Waals surface area contributed by atoms with Crippen molar-refractivity contribution in [3.05, 3.63) is 41.1 Å². The van der Waals surface area contributed by atoms with E-state index in [9.17, 15) is 0 Å². The van der Waals surface area contributed by atoms with Gasteiger partial charge < -0.3 is 5.32 Å². The average molecular weight is 267 g/mol. The number of nitrogens with zero attached hydrogens (tertiary/aromatic N) is 1. The molecule has 2 nitrogen and oxygen atoms in total. The Morgan fingerprint density at radius 3 is 2.65 bits per heavy atom. The molecule has 4 heteroatoms. The third kappa shape index (κ3) is 2.61. The Hall–Kier alpha value is -1.06. The van der Waals surface area contributed by atoms with Gasteiger partial charge in [-0.2, -0.15) is 0 Å². The van der Waals surface area contributed by atoms with Crippen LogP contribution in [0.2, 0.25) is 5.02 Å². The zero-order valence-electron chi connectivity index (χ0n) is 10.1. The third-order valence-electron chi connectivity index (χ3n) is 2.72. The Balaban J connectivity index is 2.35. The smallest absolute Gasteiger partial charge is 0.178 e. The molecule has 0 aliphatic carbocycles. The van der Waals surface area contributed by atoms with E-state index in [1.165, 1.54) is 0 Å². The molecule has 1 aliphatic rings. The summed E-state index contributed by atoms with van der Waals surface area (Å²) in [6, 6.07) is 5.93. The summed E-state index contributed by atoms with van der Waals surface area (Å²) in [5.41, 5.74) is 1.95. The molecule has 1 aromatic carbocycles. The fourth-order valence-corrected chi connectivity index (χ4v) is 2.25. The number of hydrogen-bond donors (Lipinski definition) is 1. The van der Waals surface area contributed by atoms with Gasteiger partial charge >= 0.3 is 0 Å². The molecule has 0 amide bonds. The fourth-order valence-electron chi connectivity index (χ4n) is 1.64. The van der Waals surface area contributed by atoms with Crippen LogP contribution in [0.1, 0.15) is 19.4 Å². The Labute approximate surface area is 112 Å². The molecule has 0 fully saturated rings. The van der Waals surface area contributed by atoms with Gasteiger partial charge in [-0.25, -0.2) is 0 Å². The maximum Gasteiger partial charge on any atom is 0.178 e. The van der Waals surface area contributed by atoms with E-state index in [1.807, 2.05) is 36.2 Å². The first-order valence-electron chi connectivity index (χ1n) is 5.46. The van der Waals surface area contributed by atoms with E-state index in [4.69, 9.17) is 23.8 Å². The van der Waals surface area contributed by atoms with Gasteiger partial charge in [-0.1, -0.05) is 17.7 Å². The Bertz CT molecular complexity index is 494. The van der Waals surface area contributed by atoms with Crippen LogP contribution < -0.4 is 10.2 Å². The topological polar surface area (TPSA) is 15.3 Å². The first-order valence-corrected chi connectivity index (χ1v) is 6.24. The largest absolute Gasteiger partial charge is 0.354 e. The Kier molecular flexibility index (Phi) is 3.15. The molecular weight excluding hydrogens is 252 g/mol. The molecule has 1 aromatic rings. The second-order valence-electron chi connectivity index (χ2n) is 4.77. The van der Waals surface area contributed by atoms with Gasteiger partial charge in [-0.15, -0.1) is 0 Å². The van der Waals surface area contributed by atoms with Crippen molar-refractivity contribution in [2.24, 2.45) is 0 Å². The summed E-state index contributed by atoms with van der Waals surface area (Å²) in [6.45, 7) is 6.14. The van der Waals surface area contributed by atoms with Crippen LogP contribution >= 0.6 is 23.8 Å². The monoisotopic (exact) mass is 266 g/mol. The van der Waals surface area contributed by atoms with E-state index >= 15 is 0 Å². The molecule has 0 spiro atoms. The van der Waals surface area contributed by atoms with Gasteiger partial charge in [-0.05, 0) is 56.8 Å². The van der Waals surface area contributed by atoms with Crippen LogP contribution in [0.4, 0.5) is 5.69 Å². The van der Waals surface area contributed by atoms with Crippen LogP contribution in [0.5, 0.6) is 0 Å². The molecule has 0 radical (unpaired) electrons. The number of benzene rings is 1. The zero-order valence-corrected chi connectivity index (χ0v) is 11.7. The number of thiocarbonyl (C=S) groups is 1. The van der Waals surface area contributed by atoms with Crippen molar-refractivity contribution in [3.8, 4) is 0 Å². The molecule has 0 saturated carbocycles. The van der Waals surface area contributed by atoms with Gasteiger partial charge in [0, 0.05) is 16.9 Å². The summed E-state index contributed by atoms with van der Waals surface area (Å²) < 4.78 is 0. The van der Waals surface area contributed by atoms with Crippen molar-refractivity contribution in [3.63, 3.8) is 0 Å². The van der Waals surface area contributed by atoms with Crippen LogP contribution in [0, 0.1) is 6.92 Å². The average Bonchev–Trinajstić information content (AvgIpc) is 2.21. The molecule has 17 heavy (non-hydrogen) atoms. The molecule has 1 heterocycles. The Morgan fingerprint density at radius 2 is 2.06 bits per heavy atom. The minimum Gasteiger partial charge on any atom is -0.354 e. The number of nitrogens with one attached hydrogen (secondary N) is 1. The van der Waals surface area contributed by atoms with Gasteiger partial charge in [-0.3, -0.25) is 4.90 Å². The summed E-state index contributed by atoms with van der Waals surface area (Å²) in [6.07, 6.45) is 4.07. The third-order valence-corrected chi connectivity index (χ3v) is 3.43. The van der Waals surface area contributed by atoms with E-state index in [0.29, 0.717) is 5.11 Å². The van der Waals surface area contributed by atoms with Crippen LogP contribution in [-0.2, 0) is 0 Å². The molecule has 1 aliphatic heterocycles. The second kappa shape index (κ2) is 4.31. The highest BCUT2D eigenvalue weighted by atomic mass is 35.5. The normalized spacial score (nSPS) is 18.1. The molecule has 90 valence electrons. The van der Waals surface area contributed by atoms with Crippen molar-refractivity contribution in [1.29, 1.82) is 0 Å². The van der Waals surface area contributed by atoms with E-state index < -0.39 is 0 Å². The quantitative estimate of drug-likeness (QED) is 0.782. The van der Waals surface area contributed by atoms with E-state index in [0.717, 1.165) is 16.3 Å². The summed E-state index contributed by atoms with van der Waals surface area (Å²) in [5, 5.41) is 4.71. The first kappa shape index (κ1) is 12.4. The lowest BCUT2D eigenvalue weighted by molar-refractivity contribution is 0.566. The molecule has 0 saturated heterocycles. The Morgan fingerprint density at radius 1 is 1.35 bits per heavy atom. The lowest BCUT2D eigenvalue weighted by Crippen LogP contribution is -2.51. The molecule has 0 atom stereocenters. The fraction of sp³-hybridized carbons (Fsp3) is 0.308. The van der Waals surface area contributed by atoms with Gasteiger partial charge in [0.1, 0.15) is 0 Å².